The van der Waals surface area contributed by atoms with Crippen molar-refractivity contribution < 1.29 is 14.3 Å². The Morgan fingerprint density at radius 3 is 2.62 bits per heavy atom. The second-order valence-corrected chi connectivity index (χ2v) is 6.98. The van der Waals surface area contributed by atoms with Crippen molar-refractivity contribution in [3.05, 3.63) is 17.5 Å². The summed E-state index contributed by atoms with van der Waals surface area (Å²) in [6, 6.07) is 0. The molecule has 3 heterocycles. The predicted octanol–water partition coefficient (Wildman–Crippen LogP) is 0.861. The number of piperidine rings is 1. The van der Waals surface area contributed by atoms with Crippen molar-refractivity contribution in [3.63, 3.8) is 0 Å². The zero-order valence-electron chi connectivity index (χ0n) is 14.4. The van der Waals surface area contributed by atoms with Gasteiger partial charge in [-0.15, -0.1) is 0 Å². The molecule has 2 aliphatic heterocycles. The van der Waals surface area contributed by atoms with Crippen LogP contribution in [0, 0.1) is 18.8 Å². The number of rotatable bonds is 4. The van der Waals surface area contributed by atoms with Gasteiger partial charge >= 0.3 is 0 Å². The van der Waals surface area contributed by atoms with Gasteiger partial charge in [-0.3, -0.25) is 14.3 Å². The van der Waals surface area contributed by atoms with Crippen molar-refractivity contribution in [2.75, 3.05) is 19.7 Å². The van der Waals surface area contributed by atoms with Crippen LogP contribution < -0.4 is 5.73 Å². The van der Waals surface area contributed by atoms with E-state index in [0.29, 0.717) is 18.2 Å². The summed E-state index contributed by atoms with van der Waals surface area (Å²) in [6.07, 6.45) is 5.15. The largest absolute Gasteiger partial charge is 0.377 e. The molecular weight excluding hydrogens is 308 g/mol. The zero-order chi connectivity index (χ0) is 17.3. The average molecular weight is 334 g/mol. The van der Waals surface area contributed by atoms with Gasteiger partial charge in [0.1, 0.15) is 5.69 Å². The molecule has 0 aliphatic carbocycles. The minimum absolute atomic E-state index is 0.0472. The van der Waals surface area contributed by atoms with E-state index in [9.17, 15) is 9.59 Å². The van der Waals surface area contributed by atoms with Crippen molar-refractivity contribution in [2.24, 2.45) is 24.6 Å². The van der Waals surface area contributed by atoms with Crippen LogP contribution in [0.15, 0.2) is 6.20 Å². The van der Waals surface area contributed by atoms with Crippen LogP contribution in [0.3, 0.4) is 0 Å². The van der Waals surface area contributed by atoms with E-state index in [1.807, 2.05) is 11.8 Å². The van der Waals surface area contributed by atoms with Crippen molar-refractivity contribution >= 4 is 11.8 Å². The summed E-state index contributed by atoms with van der Waals surface area (Å²) in [5.74, 6) is 0.128. The molecular formula is C17H26N4O3. The van der Waals surface area contributed by atoms with Crippen molar-refractivity contribution in [1.82, 2.24) is 14.7 Å². The fourth-order valence-corrected chi connectivity index (χ4v) is 3.91. The molecule has 7 heteroatoms. The molecule has 2 amide bonds. The predicted molar refractivity (Wildman–Crippen MR) is 88.2 cm³/mol. The Morgan fingerprint density at radius 1 is 1.33 bits per heavy atom. The fourth-order valence-electron chi connectivity index (χ4n) is 3.91. The Balaban J connectivity index is 1.54. The molecule has 132 valence electrons. The van der Waals surface area contributed by atoms with Gasteiger partial charge in [0, 0.05) is 26.7 Å². The molecule has 2 atom stereocenters. The SMILES string of the molecule is Cc1cnn(C)c1C(=O)N1CCC(C[C@H]2OCC[C@H]2C(N)=O)CC1. The molecule has 2 fully saturated rings. The molecule has 1 aromatic rings. The monoisotopic (exact) mass is 334 g/mol. The van der Waals surface area contributed by atoms with E-state index in [1.165, 1.54) is 0 Å². The molecule has 3 rings (SSSR count). The number of amides is 2. The molecule has 0 spiro atoms. The van der Waals surface area contributed by atoms with E-state index in [2.05, 4.69) is 5.10 Å². The highest BCUT2D eigenvalue weighted by molar-refractivity contribution is 5.94. The summed E-state index contributed by atoms with van der Waals surface area (Å²) in [6.45, 7) is 4.01. The summed E-state index contributed by atoms with van der Waals surface area (Å²) in [7, 11) is 1.80. The highest BCUT2D eigenvalue weighted by atomic mass is 16.5. The first kappa shape index (κ1) is 17.0. The van der Waals surface area contributed by atoms with E-state index >= 15 is 0 Å². The molecule has 2 saturated heterocycles. The van der Waals surface area contributed by atoms with Gasteiger partial charge in [-0.1, -0.05) is 0 Å². The summed E-state index contributed by atoms with van der Waals surface area (Å²) in [5.41, 5.74) is 7.04. The summed E-state index contributed by atoms with van der Waals surface area (Å²) in [4.78, 5) is 26.0. The number of ether oxygens (including phenoxy) is 1. The normalized spacial score (nSPS) is 25.2. The van der Waals surface area contributed by atoms with Crippen LogP contribution >= 0.6 is 0 Å². The average Bonchev–Trinajstić information content (AvgIpc) is 3.14. The zero-order valence-corrected chi connectivity index (χ0v) is 14.4. The first-order valence-corrected chi connectivity index (χ1v) is 8.66. The molecule has 2 aliphatic rings. The highest BCUT2D eigenvalue weighted by Gasteiger charge is 2.35. The van der Waals surface area contributed by atoms with Gasteiger partial charge in [0.2, 0.25) is 5.91 Å². The molecule has 7 nitrogen and oxygen atoms in total. The Morgan fingerprint density at radius 2 is 2.04 bits per heavy atom. The second-order valence-electron chi connectivity index (χ2n) is 6.98. The maximum Gasteiger partial charge on any atom is 0.272 e. The second kappa shape index (κ2) is 6.93. The number of aromatic nitrogens is 2. The van der Waals surface area contributed by atoms with E-state index in [-0.39, 0.29) is 23.8 Å². The minimum Gasteiger partial charge on any atom is -0.377 e. The molecule has 0 radical (unpaired) electrons. The van der Waals surface area contributed by atoms with Gasteiger partial charge in [0.15, 0.2) is 0 Å². The van der Waals surface area contributed by atoms with Gasteiger partial charge in [-0.25, -0.2) is 0 Å². The first-order chi connectivity index (χ1) is 11.5. The van der Waals surface area contributed by atoms with E-state index in [1.54, 1.807) is 17.9 Å². The lowest BCUT2D eigenvalue weighted by Crippen LogP contribution is -2.41. The summed E-state index contributed by atoms with van der Waals surface area (Å²) >= 11 is 0. The Hall–Kier alpha value is -1.89. The van der Waals surface area contributed by atoms with Gasteiger partial charge in [-0.05, 0) is 44.1 Å². The minimum atomic E-state index is -0.253. The highest BCUT2D eigenvalue weighted by Crippen LogP contribution is 2.31. The van der Waals surface area contributed by atoms with Gasteiger partial charge in [0.25, 0.3) is 5.91 Å². The Kier molecular flexibility index (Phi) is 4.89. The van der Waals surface area contributed by atoms with Crippen LogP contribution in [-0.2, 0) is 16.6 Å². The number of carbonyl (C=O) groups is 2. The standard InChI is InChI=1S/C17H26N4O3/c1-11-10-19-20(2)15(11)17(23)21-6-3-12(4-7-21)9-14-13(16(18)22)5-8-24-14/h10,12-14H,3-9H2,1-2H3,(H2,18,22)/t13-,14-/m1/s1. The lowest BCUT2D eigenvalue weighted by molar-refractivity contribution is -0.123. The van der Waals surface area contributed by atoms with E-state index in [4.69, 9.17) is 10.5 Å². The van der Waals surface area contributed by atoms with Crippen LogP contribution in [-0.4, -0.2) is 52.3 Å². The number of nitrogens with two attached hydrogens (primary N) is 1. The topological polar surface area (TPSA) is 90.4 Å². The van der Waals surface area contributed by atoms with Crippen LogP contribution in [0.5, 0.6) is 0 Å². The van der Waals surface area contributed by atoms with Crippen molar-refractivity contribution in [2.45, 2.75) is 38.7 Å². The maximum absolute atomic E-state index is 12.7. The van der Waals surface area contributed by atoms with Crippen LogP contribution in [0.25, 0.3) is 0 Å². The molecule has 24 heavy (non-hydrogen) atoms. The number of nitrogens with zero attached hydrogens (tertiary/aromatic N) is 3. The lowest BCUT2D eigenvalue weighted by Gasteiger charge is -2.33. The van der Waals surface area contributed by atoms with Crippen LogP contribution in [0.1, 0.15) is 41.7 Å². The Bertz CT molecular complexity index is 600. The third-order valence-corrected chi connectivity index (χ3v) is 5.37. The third-order valence-electron chi connectivity index (χ3n) is 5.37. The molecule has 0 saturated carbocycles. The van der Waals surface area contributed by atoms with Crippen LogP contribution in [0.2, 0.25) is 0 Å². The van der Waals surface area contributed by atoms with Crippen molar-refractivity contribution in [1.29, 1.82) is 0 Å². The number of likely N-dealkylation sites (tertiary alicyclic amines) is 1. The van der Waals surface area contributed by atoms with Crippen LogP contribution in [0.4, 0.5) is 0 Å². The Labute approximate surface area is 142 Å². The van der Waals surface area contributed by atoms with Gasteiger partial charge < -0.3 is 15.4 Å². The number of hydrogen-bond donors (Lipinski definition) is 1. The van der Waals surface area contributed by atoms with E-state index < -0.39 is 0 Å². The number of primary amides is 1. The smallest absolute Gasteiger partial charge is 0.272 e. The number of hydrogen-bond acceptors (Lipinski definition) is 4. The molecule has 0 unspecified atom stereocenters. The quantitative estimate of drug-likeness (QED) is 0.884. The number of aryl methyl sites for hydroxylation is 2. The molecule has 2 N–H and O–H groups in total. The summed E-state index contributed by atoms with van der Waals surface area (Å²) in [5, 5.41) is 4.15. The molecule has 0 bridgehead atoms. The number of carbonyl (C=O) groups excluding carboxylic acids is 2. The maximum atomic E-state index is 12.7. The van der Waals surface area contributed by atoms with Gasteiger partial charge in [-0.2, -0.15) is 5.10 Å². The summed E-state index contributed by atoms with van der Waals surface area (Å²) < 4.78 is 7.35. The van der Waals surface area contributed by atoms with Gasteiger partial charge in [0.05, 0.1) is 18.2 Å². The molecule has 0 aromatic carbocycles. The fraction of sp³-hybridized carbons (Fsp3) is 0.706. The molecule has 1 aromatic heterocycles. The third kappa shape index (κ3) is 3.31. The van der Waals surface area contributed by atoms with E-state index in [0.717, 1.165) is 44.3 Å². The van der Waals surface area contributed by atoms with Crippen molar-refractivity contribution in [3.8, 4) is 0 Å². The lowest BCUT2D eigenvalue weighted by atomic mass is 9.86. The first-order valence-electron chi connectivity index (χ1n) is 8.66.